The number of hydrogen-bond donors (Lipinski definition) is 1. The highest BCUT2D eigenvalue weighted by atomic mass is 16.5. The van der Waals surface area contributed by atoms with E-state index in [0.29, 0.717) is 37.7 Å². The smallest absolute Gasteiger partial charge is 0.257 e. The van der Waals surface area contributed by atoms with Crippen LogP contribution in [0.4, 0.5) is 11.5 Å². The Morgan fingerprint density at radius 2 is 2.06 bits per heavy atom. The Morgan fingerprint density at radius 1 is 1.11 bits per heavy atom. The molecule has 1 aliphatic heterocycles. The van der Waals surface area contributed by atoms with Gasteiger partial charge in [-0.1, -0.05) is 18.2 Å². The molecule has 1 fully saturated rings. The summed E-state index contributed by atoms with van der Waals surface area (Å²) in [5.41, 5.74) is 2.56. The van der Waals surface area contributed by atoms with Crippen molar-refractivity contribution >= 4 is 28.2 Å². The van der Waals surface area contributed by atoms with Gasteiger partial charge in [0.1, 0.15) is 11.6 Å². The number of rotatable bonds is 6. The number of ether oxygens (including phenoxy) is 2. The van der Waals surface area contributed by atoms with Gasteiger partial charge in [0.25, 0.3) is 5.91 Å². The molecule has 35 heavy (non-hydrogen) atoms. The molecule has 0 spiro atoms. The number of fused-ring (bicyclic) bond motifs is 1. The zero-order valence-corrected chi connectivity index (χ0v) is 19.7. The Morgan fingerprint density at radius 3 is 2.97 bits per heavy atom. The zero-order chi connectivity index (χ0) is 24.0. The third kappa shape index (κ3) is 5.41. The van der Waals surface area contributed by atoms with Crippen LogP contribution in [0.3, 0.4) is 0 Å². The van der Waals surface area contributed by atoms with E-state index < -0.39 is 0 Å². The monoisotopic (exact) mass is 468 g/mol. The SMILES string of the molecule is COc1cccc(Nc2ncccc2C(=O)N2CCOC[C@@H](Cc3ccc4ccncc4c3)C2)c1. The van der Waals surface area contributed by atoms with Gasteiger partial charge in [-0.05, 0) is 53.8 Å². The van der Waals surface area contributed by atoms with Crippen LogP contribution in [0.25, 0.3) is 10.8 Å². The fourth-order valence-corrected chi connectivity index (χ4v) is 4.47. The van der Waals surface area contributed by atoms with Crippen molar-refractivity contribution in [3.63, 3.8) is 0 Å². The number of pyridine rings is 2. The summed E-state index contributed by atoms with van der Waals surface area (Å²) in [6.07, 6.45) is 6.21. The normalized spacial score (nSPS) is 16.0. The van der Waals surface area contributed by atoms with Crippen molar-refractivity contribution in [2.75, 3.05) is 38.7 Å². The van der Waals surface area contributed by atoms with Gasteiger partial charge in [-0.3, -0.25) is 9.78 Å². The summed E-state index contributed by atoms with van der Waals surface area (Å²) in [5.74, 6) is 1.40. The number of aromatic nitrogens is 2. The van der Waals surface area contributed by atoms with E-state index in [2.05, 4.69) is 33.5 Å². The third-order valence-corrected chi connectivity index (χ3v) is 6.22. The van der Waals surface area contributed by atoms with Crippen LogP contribution in [0.5, 0.6) is 5.75 Å². The van der Waals surface area contributed by atoms with Gasteiger partial charge in [-0.25, -0.2) is 4.98 Å². The molecule has 5 rings (SSSR count). The maximum Gasteiger partial charge on any atom is 0.257 e. The molecule has 1 aliphatic rings. The van der Waals surface area contributed by atoms with Gasteiger partial charge in [-0.15, -0.1) is 0 Å². The average molecular weight is 469 g/mol. The second-order valence-electron chi connectivity index (χ2n) is 8.71. The molecule has 3 heterocycles. The molecule has 0 bridgehead atoms. The molecule has 178 valence electrons. The first-order valence-corrected chi connectivity index (χ1v) is 11.8. The number of carbonyl (C=O) groups excluding carboxylic acids is 1. The van der Waals surface area contributed by atoms with Gasteiger partial charge >= 0.3 is 0 Å². The minimum Gasteiger partial charge on any atom is -0.497 e. The molecule has 0 unspecified atom stereocenters. The van der Waals surface area contributed by atoms with E-state index in [1.165, 1.54) is 10.9 Å². The van der Waals surface area contributed by atoms with Crippen molar-refractivity contribution in [1.82, 2.24) is 14.9 Å². The molecular weight excluding hydrogens is 440 g/mol. The highest BCUT2D eigenvalue weighted by Gasteiger charge is 2.25. The predicted octanol–water partition coefficient (Wildman–Crippen LogP) is 4.71. The lowest BCUT2D eigenvalue weighted by atomic mass is 9.97. The van der Waals surface area contributed by atoms with E-state index >= 15 is 0 Å². The molecule has 7 heteroatoms. The van der Waals surface area contributed by atoms with Crippen molar-refractivity contribution in [2.45, 2.75) is 6.42 Å². The second kappa shape index (κ2) is 10.5. The number of hydrogen-bond acceptors (Lipinski definition) is 6. The van der Waals surface area contributed by atoms with Crippen molar-refractivity contribution < 1.29 is 14.3 Å². The number of methoxy groups -OCH3 is 1. The summed E-state index contributed by atoms with van der Waals surface area (Å²) in [7, 11) is 1.63. The number of anilines is 2. The minimum absolute atomic E-state index is 0.0540. The van der Waals surface area contributed by atoms with E-state index in [4.69, 9.17) is 9.47 Å². The largest absolute Gasteiger partial charge is 0.497 e. The molecule has 4 aromatic rings. The van der Waals surface area contributed by atoms with E-state index in [-0.39, 0.29) is 11.8 Å². The summed E-state index contributed by atoms with van der Waals surface area (Å²) in [6.45, 7) is 2.31. The van der Waals surface area contributed by atoms with E-state index in [9.17, 15) is 4.79 Å². The Balaban J connectivity index is 1.33. The molecule has 1 amide bonds. The highest BCUT2D eigenvalue weighted by Crippen LogP contribution is 2.25. The maximum absolute atomic E-state index is 13.6. The van der Waals surface area contributed by atoms with Crippen LogP contribution < -0.4 is 10.1 Å². The van der Waals surface area contributed by atoms with Crippen LogP contribution in [0.1, 0.15) is 15.9 Å². The van der Waals surface area contributed by atoms with Crippen molar-refractivity contribution in [2.24, 2.45) is 5.92 Å². The lowest BCUT2D eigenvalue weighted by Crippen LogP contribution is -2.36. The van der Waals surface area contributed by atoms with Gasteiger partial charge in [0.15, 0.2) is 0 Å². The molecule has 1 atom stereocenters. The lowest BCUT2D eigenvalue weighted by molar-refractivity contribution is 0.0738. The van der Waals surface area contributed by atoms with Gasteiger partial charge in [0, 0.05) is 54.7 Å². The first-order valence-electron chi connectivity index (χ1n) is 11.8. The predicted molar refractivity (Wildman–Crippen MR) is 136 cm³/mol. The van der Waals surface area contributed by atoms with Gasteiger partial charge in [0.05, 0.1) is 25.9 Å². The minimum atomic E-state index is -0.0540. The molecule has 2 aromatic heterocycles. The molecule has 2 aromatic carbocycles. The Hall–Kier alpha value is -3.97. The lowest BCUT2D eigenvalue weighted by Gasteiger charge is -2.24. The van der Waals surface area contributed by atoms with E-state index in [1.807, 2.05) is 47.5 Å². The second-order valence-corrected chi connectivity index (χ2v) is 8.71. The highest BCUT2D eigenvalue weighted by molar-refractivity contribution is 5.99. The van der Waals surface area contributed by atoms with Crippen LogP contribution in [-0.4, -0.2) is 54.2 Å². The van der Waals surface area contributed by atoms with Crippen molar-refractivity contribution in [1.29, 1.82) is 0 Å². The number of carbonyl (C=O) groups is 1. The molecule has 7 nitrogen and oxygen atoms in total. The molecule has 0 aliphatic carbocycles. The Kier molecular flexibility index (Phi) is 6.86. The fraction of sp³-hybridized carbons (Fsp3) is 0.250. The van der Waals surface area contributed by atoms with Gasteiger partial charge < -0.3 is 19.7 Å². The summed E-state index contributed by atoms with van der Waals surface area (Å²) in [4.78, 5) is 24.2. The van der Waals surface area contributed by atoms with Crippen LogP contribution in [-0.2, 0) is 11.2 Å². The number of amides is 1. The number of nitrogens with zero attached hydrogens (tertiary/aromatic N) is 3. The molecule has 1 saturated heterocycles. The summed E-state index contributed by atoms with van der Waals surface area (Å²) in [5, 5.41) is 5.57. The molecule has 0 saturated carbocycles. The van der Waals surface area contributed by atoms with Gasteiger partial charge in [-0.2, -0.15) is 0 Å². The first-order chi connectivity index (χ1) is 17.2. The molecule has 0 radical (unpaired) electrons. The van der Waals surface area contributed by atoms with Crippen LogP contribution in [0, 0.1) is 5.92 Å². The topological polar surface area (TPSA) is 76.6 Å². The quantitative estimate of drug-likeness (QED) is 0.442. The maximum atomic E-state index is 13.6. The molecular formula is C28H28N4O3. The number of benzene rings is 2. The molecule has 1 N–H and O–H groups in total. The summed E-state index contributed by atoms with van der Waals surface area (Å²) in [6, 6.07) is 19.6. The third-order valence-electron chi connectivity index (χ3n) is 6.22. The van der Waals surface area contributed by atoms with Crippen LogP contribution in [0.15, 0.2) is 79.3 Å². The zero-order valence-electron chi connectivity index (χ0n) is 19.7. The first kappa shape index (κ1) is 22.8. The van der Waals surface area contributed by atoms with Crippen LogP contribution >= 0.6 is 0 Å². The van der Waals surface area contributed by atoms with E-state index in [1.54, 1.807) is 25.6 Å². The summed E-state index contributed by atoms with van der Waals surface area (Å²) >= 11 is 0. The average Bonchev–Trinajstić information content (AvgIpc) is 3.14. The number of nitrogens with one attached hydrogen (secondary N) is 1. The summed E-state index contributed by atoms with van der Waals surface area (Å²) < 4.78 is 11.2. The fourth-order valence-electron chi connectivity index (χ4n) is 4.47. The Bertz CT molecular complexity index is 1330. The Labute approximate surface area is 204 Å². The van der Waals surface area contributed by atoms with Crippen LogP contribution in [0.2, 0.25) is 0 Å². The van der Waals surface area contributed by atoms with Crippen molar-refractivity contribution in [3.8, 4) is 5.75 Å². The van der Waals surface area contributed by atoms with Gasteiger partial charge in [0.2, 0.25) is 0 Å². The van der Waals surface area contributed by atoms with E-state index in [0.717, 1.165) is 23.2 Å². The standard InChI is InChI=1S/C28H28N4O3/c1-34-25-5-2-4-24(16-25)31-27-26(6-3-10-30-27)28(33)32-12-13-35-19-21(18-32)14-20-7-8-22-9-11-29-17-23(22)15-20/h2-11,15-17,21H,12-14,18-19H2,1H3,(H,30,31)/t21-/m0/s1. The van der Waals surface area contributed by atoms with Crippen molar-refractivity contribution in [3.05, 3.63) is 90.4 Å².